The zero-order chi connectivity index (χ0) is 13.7. The largest absolute Gasteiger partial charge is 0.380 e. The van der Waals surface area contributed by atoms with Gasteiger partial charge in [0.25, 0.3) is 0 Å². The molecule has 2 rings (SSSR count). The standard InChI is InChI=1S/C15H28N2O2/c1-3-17-8-4-6-14(17)10-16(2)11-15(12-18)7-5-9-19-13-15/h12,14H,3-11,13H2,1-2H3. The van der Waals surface area contributed by atoms with Crippen LogP contribution in [0.2, 0.25) is 0 Å². The molecule has 0 spiro atoms. The van der Waals surface area contributed by atoms with Crippen molar-refractivity contribution < 1.29 is 9.53 Å². The molecule has 4 nitrogen and oxygen atoms in total. The molecule has 0 N–H and O–H groups in total. The third-order valence-electron chi connectivity index (χ3n) is 4.62. The normalized spacial score (nSPS) is 32.9. The molecule has 0 aliphatic carbocycles. The van der Waals surface area contributed by atoms with E-state index in [1.54, 1.807) is 0 Å². The Bertz CT molecular complexity index is 290. The van der Waals surface area contributed by atoms with Gasteiger partial charge in [0.05, 0.1) is 12.0 Å². The van der Waals surface area contributed by atoms with Crippen LogP contribution >= 0.6 is 0 Å². The summed E-state index contributed by atoms with van der Waals surface area (Å²) in [5.74, 6) is 0. The van der Waals surface area contributed by atoms with E-state index in [2.05, 4.69) is 23.8 Å². The Hall–Kier alpha value is -0.450. The van der Waals surface area contributed by atoms with Crippen molar-refractivity contribution in [1.29, 1.82) is 0 Å². The quantitative estimate of drug-likeness (QED) is 0.682. The number of likely N-dealkylation sites (N-methyl/N-ethyl adjacent to an activating group) is 2. The molecule has 2 heterocycles. The molecule has 0 aromatic rings. The van der Waals surface area contributed by atoms with Gasteiger partial charge in [0.15, 0.2) is 0 Å². The summed E-state index contributed by atoms with van der Waals surface area (Å²) in [7, 11) is 2.14. The predicted octanol–water partition coefficient (Wildman–Crippen LogP) is 1.40. The SMILES string of the molecule is CCN1CCCC1CN(C)CC1(C=O)CCCOC1. The van der Waals surface area contributed by atoms with Gasteiger partial charge in [0.2, 0.25) is 0 Å². The second kappa shape index (κ2) is 6.82. The minimum absolute atomic E-state index is 0.261. The average molecular weight is 268 g/mol. The van der Waals surface area contributed by atoms with Gasteiger partial charge in [0, 0.05) is 25.7 Å². The van der Waals surface area contributed by atoms with E-state index in [0.717, 1.165) is 45.4 Å². The van der Waals surface area contributed by atoms with E-state index in [-0.39, 0.29) is 5.41 Å². The van der Waals surface area contributed by atoms with E-state index in [0.29, 0.717) is 12.6 Å². The Morgan fingerprint density at radius 1 is 1.47 bits per heavy atom. The summed E-state index contributed by atoms with van der Waals surface area (Å²) >= 11 is 0. The van der Waals surface area contributed by atoms with E-state index >= 15 is 0 Å². The maximum Gasteiger partial charge on any atom is 0.129 e. The van der Waals surface area contributed by atoms with E-state index in [1.165, 1.54) is 19.4 Å². The van der Waals surface area contributed by atoms with E-state index in [4.69, 9.17) is 4.74 Å². The van der Waals surface area contributed by atoms with Crippen LogP contribution in [-0.2, 0) is 9.53 Å². The fourth-order valence-corrected chi connectivity index (χ4v) is 3.61. The van der Waals surface area contributed by atoms with Crippen molar-refractivity contribution in [2.24, 2.45) is 5.41 Å². The van der Waals surface area contributed by atoms with Crippen molar-refractivity contribution in [3.05, 3.63) is 0 Å². The maximum absolute atomic E-state index is 11.5. The summed E-state index contributed by atoms with van der Waals surface area (Å²) in [6.45, 7) is 7.93. The first kappa shape index (κ1) is 14.9. The molecule has 2 aliphatic heterocycles. The van der Waals surface area contributed by atoms with Gasteiger partial charge in [-0.05, 0) is 45.8 Å². The van der Waals surface area contributed by atoms with E-state index < -0.39 is 0 Å². The molecule has 0 amide bonds. The lowest BCUT2D eigenvalue weighted by atomic mass is 9.83. The van der Waals surface area contributed by atoms with E-state index in [9.17, 15) is 4.79 Å². The van der Waals surface area contributed by atoms with Crippen LogP contribution in [-0.4, -0.2) is 68.6 Å². The number of carbonyl (C=O) groups excluding carboxylic acids is 1. The van der Waals surface area contributed by atoms with Crippen molar-refractivity contribution in [1.82, 2.24) is 9.80 Å². The highest BCUT2D eigenvalue weighted by Gasteiger charge is 2.35. The number of ether oxygens (including phenoxy) is 1. The summed E-state index contributed by atoms with van der Waals surface area (Å²) < 4.78 is 5.52. The third-order valence-corrected chi connectivity index (χ3v) is 4.62. The second-order valence-corrected chi connectivity index (χ2v) is 6.26. The van der Waals surface area contributed by atoms with Crippen LogP contribution in [0.4, 0.5) is 0 Å². The van der Waals surface area contributed by atoms with Gasteiger partial charge in [-0.3, -0.25) is 4.90 Å². The van der Waals surface area contributed by atoms with Gasteiger partial charge in [-0.15, -0.1) is 0 Å². The second-order valence-electron chi connectivity index (χ2n) is 6.26. The summed E-state index contributed by atoms with van der Waals surface area (Å²) in [6.07, 6.45) is 5.73. The molecule has 0 aromatic carbocycles. The molecule has 2 fully saturated rings. The zero-order valence-electron chi connectivity index (χ0n) is 12.4. The van der Waals surface area contributed by atoms with Crippen LogP contribution in [0.15, 0.2) is 0 Å². The number of nitrogens with zero attached hydrogens (tertiary/aromatic N) is 2. The highest BCUT2D eigenvalue weighted by molar-refractivity contribution is 5.60. The Labute approximate surface area is 117 Å². The number of carbonyl (C=O) groups is 1. The van der Waals surface area contributed by atoms with Crippen molar-refractivity contribution in [3.8, 4) is 0 Å². The van der Waals surface area contributed by atoms with Gasteiger partial charge >= 0.3 is 0 Å². The molecule has 110 valence electrons. The van der Waals surface area contributed by atoms with Crippen LogP contribution in [0.5, 0.6) is 0 Å². The number of likely N-dealkylation sites (tertiary alicyclic amines) is 1. The first-order valence-electron chi connectivity index (χ1n) is 7.66. The first-order chi connectivity index (χ1) is 9.19. The summed E-state index contributed by atoms with van der Waals surface area (Å²) in [4.78, 5) is 16.4. The number of aldehydes is 1. The molecule has 19 heavy (non-hydrogen) atoms. The van der Waals surface area contributed by atoms with Crippen LogP contribution in [0.3, 0.4) is 0 Å². The highest BCUT2D eigenvalue weighted by atomic mass is 16.5. The molecular weight excluding hydrogens is 240 g/mol. The van der Waals surface area contributed by atoms with Gasteiger partial charge < -0.3 is 14.4 Å². The summed E-state index contributed by atoms with van der Waals surface area (Å²) in [6, 6.07) is 0.670. The molecule has 2 atom stereocenters. The number of hydrogen-bond acceptors (Lipinski definition) is 4. The molecular formula is C15H28N2O2. The lowest BCUT2D eigenvalue weighted by molar-refractivity contribution is -0.125. The minimum Gasteiger partial charge on any atom is -0.380 e. The third kappa shape index (κ3) is 3.77. The molecule has 2 aliphatic rings. The Morgan fingerprint density at radius 3 is 2.95 bits per heavy atom. The van der Waals surface area contributed by atoms with Crippen LogP contribution in [0.25, 0.3) is 0 Å². The molecule has 2 unspecified atom stereocenters. The predicted molar refractivity (Wildman–Crippen MR) is 76.3 cm³/mol. The van der Waals surface area contributed by atoms with Gasteiger partial charge in [-0.25, -0.2) is 0 Å². The average Bonchev–Trinajstić information content (AvgIpc) is 2.86. The molecule has 0 saturated carbocycles. The van der Waals surface area contributed by atoms with Gasteiger partial charge in [0.1, 0.15) is 6.29 Å². The minimum atomic E-state index is -0.261. The van der Waals surface area contributed by atoms with Crippen molar-refractivity contribution in [2.75, 3.05) is 46.4 Å². The molecule has 0 bridgehead atoms. The topological polar surface area (TPSA) is 32.8 Å². The monoisotopic (exact) mass is 268 g/mol. The van der Waals surface area contributed by atoms with Gasteiger partial charge in [-0.1, -0.05) is 6.92 Å². The number of hydrogen-bond donors (Lipinski definition) is 0. The van der Waals surface area contributed by atoms with Crippen LogP contribution in [0, 0.1) is 5.41 Å². The van der Waals surface area contributed by atoms with Crippen molar-refractivity contribution in [2.45, 2.75) is 38.6 Å². The molecule has 0 radical (unpaired) electrons. The van der Waals surface area contributed by atoms with Crippen molar-refractivity contribution in [3.63, 3.8) is 0 Å². The Kier molecular flexibility index (Phi) is 5.37. The fourth-order valence-electron chi connectivity index (χ4n) is 3.61. The van der Waals surface area contributed by atoms with E-state index in [1.807, 2.05) is 0 Å². The summed E-state index contributed by atoms with van der Waals surface area (Å²) in [5.41, 5.74) is -0.261. The number of rotatable bonds is 6. The molecule has 2 saturated heterocycles. The molecule has 4 heteroatoms. The highest BCUT2D eigenvalue weighted by Crippen LogP contribution is 2.28. The fraction of sp³-hybridized carbons (Fsp3) is 0.933. The zero-order valence-corrected chi connectivity index (χ0v) is 12.4. The first-order valence-corrected chi connectivity index (χ1v) is 7.66. The smallest absolute Gasteiger partial charge is 0.129 e. The maximum atomic E-state index is 11.5. The lowest BCUT2D eigenvalue weighted by Gasteiger charge is -2.37. The van der Waals surface area contributed by atoms with Crippen LogP contribution in [0.1, 0.15) is 32.6 Å². The summed E-state index contributed by atoms with van der Waals surface area (Å²) in [5, 5.41) is 0. The van der Waals surface area contributed by atoms with Gasteiger partial charge in [-0.2, -0.15) is 0 Å². The van der Waals surface area contributed by atoms with Crippen molar-refractivity contribution >= 4 is 6.29 Å². The lowest BCUT2D eigenvalue weighted by Crippen LogP contribution is -2.46. The Balaban J connectivity index is 1.85. The van der Waals surface area contributed by atoms with Crippen LogP contribution < -0.4 is 0 Å². The molecule has 0 aromatic heterocycles. The Morgan fingerprint density at radius 2 is 2.32 bits per heavy atom.